The maximum atomic E-state index is 12.5. The van der Waals surface area contributed by atoms with Gasteiger partial charge in [-0.05, 0) is 52.4 Å². The number of rotatable bonds is 4. The molecule has 7 nitrogen and oxygen atoms in total. The number of hydrogen-bond donors (Lipinski definition) is 2. The smallest absolute Gasteiger partial charge is 0.258 e. The summed E-state index contributed by atoms with van der Waals surface area (Å²) in [4.78, 5) is 16.8. The van der Waals surface area contributed by atoms with Crippen molar-refractivity contribution in [2.24, 2.45) is 0 Å². The lowest BCUT2D eigenvalue weighted by Crippen LogP contribution is -2.33. The zero-order valence-corrected chi connectivity index (χ0v) is 16.6. The second-order valence-corrected chi connectivity index (χ2v) is 7.39. The Bertz CT molecular complexity index is 918. The maximum absolute atomic E-state index is 12.5. The third-order valence-electron chi connectivity index (χ3n) is 4.26. The maximum Gasteiger partial charge on any atom is 0.258 e. The highest BCUT2D eigenvalue weighted by molar-refractivity contribution is 14.1. The van der Waals surface area contributed by atoms with E-state index in [-0.39, 0.29) is 12.0 Å². The normalized spacial score (nSPS) is 16.9. The van der Waals surface area contributed by atoms with E-state index in [2.05, 4.69) is 43.3 Å². The van der Waals surface area contributed by atoms with Crippen LogP contribution in [0.3, 0.4) is 0 Å². The minimum absolute atomic E-state index is 0.0585. The molecular weight excluding hydrogens is 457 g/mol. The third-order valence-corrected chi connectivity index (χ3v) is 4.90. The summed E-state index contributed by atoms with van der Waals surface area (Å²) in [5.41, 5.74) is 2.30. The number of pyridine rings is 1. The van der Waals surface area contributed by atoms with E-state index in [1.54, 1.807) is 17.1 Å². The number of benzene rings is 1. The second kappa shape index (κ2) is 8.15. The van der Waals surface area contributed by atoms with Crippen molar-refractivity contribution in [1.82, 2.24) is 20.1 Å². The first kappa shape index (κ1) is 18.1. The molecule has 0 aliphatic carbocycles. The van der Waals surface area contributed by atoms with Crippen molar-refractivity contribution in [2.75, 3.05) is 25.0 Å². The molecule has 1 saturated heterocycles. The zero-order valence-electron chi connectivity index (χ0n) is 14.4. The Hall–Kier alpha value is -2.30. The minimum Gasteiger partial charge on any atom is -0.371 e. The average molecular weight is 475 g/mol. The van der Waals surface area contributed by atoms with Crippen LogP contribution in [0.5, 0.6) is 0 Å². The van der Waals surface area contributed by atoms with Crippen LogP contribution in [0.15, 0.2) is 55.0 Å². The lowest BCUT2D eigenvalue weighted by atomic mass is 10.1. The standard InChI is InChI=1S/C19H18IN5O2/c20-15-3-6-18(22-10-15)25-12-14(9-23-25)19(26)24-16-4-1-13(2-5-16)17-11-21-7-8-27-17/h1-6,9-10,12,17,21H,7-8,11H2,(H,24,26). The molecule has 0 radical (unpaired) electrons. The number of nitrogens with one attached hydrogen (secondary N) is 2. The monoisotopic (exact) mass is 475 g/mol. The van der Waals surface area contributed by atoms with E-state index in [0.29, 0.717) is 18.0 Å². The number of ether oxygens (including phenoxy) is 1. The van der Waals surface area contributed by atoms with Crippen LogP contribution in [0.2, 0.25) is 0 Å². The van der Waals surface area contributed by atoms with Crippen molar-refractivity contribution in [3.05, 3.63) is 69.7 Å². The predicted octanol–water partition coefficient (Wildman–Crippen LogP) is 2.79. The Morgan fingerprint density at radius 2 is 2.07 bits per heavy atom. The van der Waals surface area contributed by atoms with Gasteiger partial charge >= 0.3 is 0 Å². The van der Waals surface area contributed by atoms with E-state index in [9.17, 15) is 4.79 Å². The molecule has 1 aliphatic heterocycles. The van der Waals surface area contributed by atoms with Crippen molar-refractivity contribution in [3.63, 3.8) is 0 Å². The quantitative estimate of drug-likeness (QED) is 0.568. The number of morpholine rings is 1. The van der Waals surface area contributed by atoms with Gasteiger partial charge in [-0.3, -0.25) is 4.79 Å². The fourth-order valence-corrected chi connectivity index (χ4v) is 3.15. The molecule has 1 aromatic carbocycles. The number of carbonyl (C=O) groups is 1. The molecule has 4 rings (SSSR count). The molecule has 8 heteroatoms. The molecule has 1 amide bonds. The van der Waals surface area contributed by atoms with Gasteiger partial charge in [0.15, 0.2) is 5.82 Å². The van der Waals surface area contributed by atoms with Crippen LogP contribution in [0, 0.1) is 3.57 Å². The van der Waals surface area contributed by atoms with Crippen LogP contribution < -0.4 is 10.6 Å². The predicted molar refractivity (Wildman–Crippen MR) is 110 cm³/mol. The highest BCUT2D eigenvalue weighted by atomic mass is 127. The summed E-state index contributed by atoms with van der Waals surface area (Å²) in [5.74, 6) is 0.454. The zero-order chi connectivity index (χ0) is 18.6. The Labute approximate surface area is 170 Å². The number of halogens is 1. The number of amides is 1. The fraction of sp³-hybridized carbons (Fsp3) is 0.211. The molecule has 0 saturated carbocycles. The molecule has 27 heavy (non-hydrogen) atoms. The lowest BCUT2D eigenvalue weighted by molar-refractivity contribution is 0.0277. The summed E-state index contributed by atoms with van der Waals surface area (Å²) < 4.78 is 8.37. The van der Waals surface area contributed by atoms with Gasteiger partial charge in [-0.25, -0.2) is 9.67 Å². The molecule has 1 atom stereocenters. The van der Waals surface area contributed by atoms with Crippen LogP contribution in [-0.4, -0.2) is 40.4 Å². The number of carbonyl (C=O) groups excluding carboxylic acids is 1. The molecular formula is C19H18IN5O2. The number of hydrogen-bond acceptors (Lipinski definition) is 5. The molecule has 1 aliphatic rings. The molecule has 3 aromatic rings. The minimum atomic E-state index is -0.213. The van der Waals surface area contributed by atoms with Crippen molar-refractivity contribution in [1.29, 1.82) is 0 Å². The second-order valence-electron chi connectivity index (χ2n) is 6.15. The van der Waals surface area contributed by atoms with Gasteiger partial charge in [-0.2, -0.15) is 5.10 Å². The summed E-state index contributed by atoms with van der Waals surface area (Å²) in [6, 6.07) is 11.5. The highest BCUT2D eigenvalue weighted by Gasteiger charge is 2.16. The van der Waals surface area contributed by atoms with Gasteiger partial charge in [0.25, 0.3) is 5.91 Å². The van der Waals surface area contributed by atoms with E-state index < -0.39 is 0 Å². The topological polar surface area (TPSA) is 81.1 Å². The van der Waals surface area contributed by atoms with Crippen LogP contribution in [0.4, 0.5) is 5.69 Å². The lowest BCUT2D eigenvalue weighted by Gasteiger charge is -2.24. The first-order chi connectivity index (χ1) is 13.2. The first-order valence-electron chi connectivity index (χ1n) is 8.59. The Morgan fingerprint density at radius 3 is 2.78 bits per heavy atom. The molecule has 138 valence electrons. The van der Waals surface area contributed by atoms with Crippen molar-refractivity contribution >= 4 is 34.2 Å². The first-order valence-corrected chi connectivity index (χ1v) is 9.67. The van der Waals surface area contributed by atoms with Gasteiger partial charge < -0.3 is 15.4 Å². The van der Waals surface area contributed by atoms with Crippen LogP contribution in [-0.2, 0) is 4.74 Å². The number of aromatic nitrogens is 3. The average Bonchev–Trinajstić information content (AvgIpc) is 3.20. The van der Waals surface area contributed by atoms with Crippen molar-refractivity contribution in [2.45, 2.75) is 6.10 Å². The van der Waals surface area contributed by atoms with E-state index in [1.807, 2.05) is 36.4 Å². The molecule has 2 N–H and O–H groups in total. The fourth-order valence-electron chi connectivity index (χ4n) is 2.83. The largest absolute Gasteiger partial charge is 0.371 e. The SMILES string of the molecule is O=C(Nc1ccc(C2CNCCO2)cc1)c1cnn(-c2ccc(I)cn2)c1. The Balaban J connectivity index is 1.42. The highest BCUT2D eigenvalue weighted by Crippen LogP contribution is 2.21. The molecule has 1 fully saturated rings. The Kier molecular flexibility index (Phi) is 5.46. The van der Waals surface area contributed by atoms with E-state index in [1.165, 1.54) is 6.20 Å². The Morgan fingerprint density at radius 1 is 1.22 bits per heavy atom. The van der Waals surface area contributed by atoms with E-state index in [0.717, 1.165) is 27.9 Å². The summed E-state index contributed by atoms with van der Waals surface area (Å²) in [7, 11) is 0. The summed E-state index contributed by atoms with van der Waals surface area (Å²) in [6.45, 7) is 2.40. The van der Waals surface area contributed by atoms with Gasteiger partial charge in [-0.1, -0.05) is 12.1 Å². The number of nitrogens with zero attached hydrogens (tertiary/aromatic N) is 3. The van der Waals surface area contributed by atoms with Crippen molar-refractivity contribution in [3.8, 4) is 5.82 Å². The molecule has 2 aromatic heterocycles. The van der Waals surface area contributed by atoms with Crippen LogP contribution in [0.25, 0.3) is 5.82 Å². The summed E-state index contributed by atoms with van der Waals surface area (Å²) in [5, 5.41) is 10.4. The molecule has 3 heterocycles. The summed E-state index contributed by atoms with van der Waals surface area (Å²) >= 11 is 2.19. The van der Waals surface area contributed by atoms with Crippen LogP contribution >= 0.6 is 22.6 Å². The van der Waals surface area contributed by atoms with Crippen molar-refractivity contribution < 1.29 is 9.53 Å². The van der Waals surface area contributed by atoms with Crippen LogP contribution in [0.1, 0.15) is 22.0 Å². The number of anilines is 1. The summed E-state index contributed by atoms with van der Waals surface area (Å²) in [6.07, 6.45) is 5.01. The molecule has 0 spiro atoms. The third kappa shape index (κ3) is 4.34. The van der Waals surface area contributed by atoms with E-state index >= 15 is 0 Å². The van der Waals surface area contributed by atoms with Gasteiger partial charge in [0.2, 0.25) is 0 Å². The van der Waals surface area contributed by atoms with E-state index in [4.69, 9.17) is 4.74 Å². The van der Waals surface area contributed by atoms with Gasteiger partial charge in [0, 0.05) is 34.7 Å². The molecule has 1 unspecified atom stereocenters. The van der Waals surface area contributed by atoms with Gasteiger partial charge in [0.1, 0.15) is 0 Å². The van der Waals surface area contributed by atoms with Gasteiger partial charge in [-0.15, -0.1) is 0 Å². The molecule has 0 bridgehead atoms. The van der Waals surface area contributed by atoms with Gasteiger partial charge in [0.05, 0.1) is 24.5 Å².